The molecule has 2 saturated heterocycles. The molecule has 2 aliphatic heterocycles. The summed E-state index contributed by atoms with van der Waals surface area (Å²) in [6, 6.07) is 0. The van der Waals surface area contributed by atoms with Gasteiger partial charge in [0.25, 0.3) is 0 Å². The van der Waals surface area contributed by atoms with Crippen LogP contribution in [0.15, 0.2) is 0 Å². The zero-order chi connectivity index (χ0) is 14.1. The van der Waals surface area contributed by atoms with E-state index in [1.54, 1.807) is 4.90 Å². The lowest BCUT2D eigenvalue weighted by atomic mass is 9.77. The molecular weight excluding hydrogens is 244 g/mol. The van der Waals surface area contributed by atoms with E-state index in [1.165, 1.54) is 0 Å². The Morgan fingerprint density at radius 3 is 2.58 bits per heavy atom. The standard InChI is InChI=1S/C14H24N2O3/c1-3-14(12(18)19)7-5-9-16(10-14)11(17)13(2)6-4-8-15-13/h15H,3-10H2,1-2H3,(H,18,19). The largest absolute Gasteiger partial charge is 0.481 e. The summed E-state index contributed by atoms with van der Waals surface area (Å²) in [5.41, 5.74) is -1.24. The molecule has 0 bridgehead atoms. The third-order valence-electron chi connectivity index (χ3n) is 4.84. The summed E-state index contributed by atoms with van der Waals surface area (Å²) in [5, 5.41) is 12.7. The van der Waals surface area contributed by atoms with Crippen molar-refractivity contribution in [1.29, 1.82) is 0 Å². The van der Waals surface area contributed by atoms with Gasteiger partial charge in [-0.15, -0.1) is 0 Å². The number of hydrogen-bond donors (Lipinski definition) is 2. The predicted molar refractivity (Wildman–Crippen MR) is 71.8 cm³/mol. The van der Waals surface area contributed by atoms with E-state index in [-0.39, 0.29) is 5.91 Å². The van der Waals surface area contributed by atoms with E-state index >= 15 is 0 Å². The number of hydrogen-bond acceptors (Lipinski definition) is 3. The summed E-state index contributed by atoms with van der Waals surface area (Å²) < 4.78 is 0. The number of carbonyl (C=O) groups is 2. The average molecular weight is 268 g/mol. The second-order valence-electron chi connectivity index (χ2n) is 6.13. The first-order valence-electron chi connectivity index (χ1n) is 7.21. The summed E-state index contributed by atoms with van der Waals surface area (Å²) in [4.78, 5) is 25.9. The maximum atomic E-state index is 12.6. The van der Waals surface area contributed by atoms with Crippen LogP contribution in [-0.2, 0) is 9.59 Å². The van der Waals surface area contributed by atoms with Gasteiger partial charge in [0, 0.05) is 13.1 Å². The summed E-state index contributed by atoms with van der Waals surface area (Å²) in [7, 11) is 0. The molecule has 0 spiro atoms. The van der Waals surface area contributed by atoms with Crippen LogP contribution in [0, 0.1) is 5.41 Å². The fourth-order valence-corrected chi connectivity index (χ4v) is 3.35. The molecule has 0 aromatic rings. The number of piperidine rings is 1. The van der Waals surface area contributed by atoms with E-state index in [2.05, 4.69) is 5.32 Å². The number of carboxylic acid groups (broad SMARTS) is 1. The van der Waals surface area contributed by atoms with Gasteiger partial charge in [0.15, 0.2) is 0 Å². The first kappa shape index (κ1) is 14.3. The molecule has 2 rings (SSSR count). The topological polar surface area (TPSA) is 69.6 Å². The second kappa shape index (κ2) is 5.12. The molecule has 2 atom stereocenters. The smallest absolute Gasteiger partial charge is 0.311 e. The zero-order valence-corrected chi connectivity index (χ0v) is 11.9. The van der Waals surface area contributed by atoms with Crippen molar-refractivity contribution in [2.24, 2.45) is 5.41 Å². The van der Waals surface area contributed by atoms with Crippen LogP contribution in [0.5, 0.6) is 0 Å². The first-order valence-corrected chi connectivity index (χ1v) is 7.21. The molecule has 5 heteroatoms. The van der Waals surface area contributed by atoms with Gasteiger partial charge in [-0.2, -0.15) is 0 Å². The lowest BCUT2D eigenvalue weighted by Crippen LogP contribution is -2.58. The van der Waals surface area contributed by atoms with Crippen LogP contribution in [0.1, 0.15) is 46.0 Å². The van der Waals surface area contributed by atoms with Gasteiger partial charge in [-0.25, -0.2) is 0 Å². The minimum atomic E-state index is -0.767. The summed E-state index contributed by atoms with van der Waals surface area (Å²) in [5.74, 6) is -0.694. The number of amides is 1. The molecule has 2 fully saturated rings. The van der Waals surface area contributed by atoms with Crippen molar-refractivity contribution in [3.63, 3.8) is 0 Å². The SMILES string of the molecule is CCC1(C(=O)O)CCCN(C(=O)C2(C)CCCN2)C1. The number of nitrogens with zero attached hydrogens (tertiary/aromatic N) is 1. The molecule has 0 aliphatic carbocycles. The quantitative estimate of drug-likeness (QED) is 0.808. The lowest BCUT2D eigenvalue weighted by molar-refractivity contribution is -0.156. The van der Waals surface area contributed by atoms with Crippen molar-refractivity contribution < 1.29 is 14.7 Å². The maximum Gasteiger partial charge on any atom is 0.311 e. The third-order valence-corrected chi connectivity index (χ3v) is 4.84. The Hall–Kier alpha value is -1.10. The Balaban J connectivity index is 2.13. The van der Waals surface area contributed by atoms with Crippen molar-refractivity contribution in [1.82, 2.24) is 10.2 Å². The molecule has 5 nitrogen and oxygen atoms in total. The molecule has 2 aliphatic rings. The molecule has 1 amide bonds. The predicted octanol–water partition coefficient (Wildman–Crippen LogP) is 1.23. The monoisotopic (exact) mass is 268 g/mol. The van der Waals surface area contributed by atoms with Crippen molar-refractivity contribution >= 4 is 11.9 Å². The summed E-state index contributed by atoms with van der Waals surface area (Å²) >= 11 is 0. The van der Waals surface area contributed by atoms with Gasteiger partial charge < -0.3 is 15.3 Å². The van der Waals surface area contributed by atoms with Crippen LogP contribution in [0.3, 0.4) is 0 Å². The number of rotatable bonds is 3. The molecule has 0 aromatic carbocycles. The Morgan fingerprint density at radius 1 is 1.32 bits per heavy atom. The molecule has 2 N–H and O–H groups in total. The number of aliphatic carboxylic acids is 1. The van der Waals surface area contributed by atoms with Crippen LogP contribution in [0.4, 0.5) is 0 Å². The van der Waals surface area contributed by atoms with E-state index in [0.717, 1.165) is 25.8 Å². The van der Waals surface area contributed by atoms with E-state index in [4.69, 9.17) is 0 Å². The molecule has 19 heavy (non-hydrogen) atoms. The van der Waals surface area contributed by atoms with Gasteiger partial charge in [-0.05, 0) is 45.6 Å². The average Bonchev–Trinajstić information content (AvgIpc) is 2.86. The van der Waals surface area contributed by atoms with E-state index in [1.807, 2.05) is 13.8 Å². The van der Waals surface area contributed by atoms with Gasteiger partial charge in [0.2, 0.25) is 5.91 Å². The van der Waals surface area contributed by atoms with Crippen LogP contribution >= 0.6 is 0 Å². The highest BCUT2D eigenvalue weighted by Gasteiger charge is 2.46. The zero-order valence-electron chi connectivity index (χ0n) is 11.9. The van der Waals surface area contributed by atoms with E-state index in [0.29, 0.717) is 25.9 Å². The molecule has 2 heterocycles. The summed E-state index contributed by atoms with van der Waals surface area (Å²) in [6.45, 7) is 5.75. The minimum absolute atomic E-state index is 0.0729. The molecule has 0 aromatic heterocycles. The Morgan fingerprint density at radius 2 is 2.05 bits per heavy atom. The molecule has 2 unspecified atom stereocenters. The number of carboxylic acids is 1. The Kier molecular flexibility index (Phi) is 3.85. The highest BCUT2D eigenvalue weighted by molar-refractivity contribution is 5.87. The number of carbonyl (C=O) groups excluding carboxylic acids is 1. The highest BCUT2D eigenvalue weighted by Crippen LogP contribution is 2.35. The van der Waals surface area contributed by atoms with Gasteiger partial charge in [0.1, 0.15) is 0 Å². The van der Waals surface area contributed by atoms with Crippen LogP contribution in [0.2, 0.25) is 0 Å². The molecule has 108 valence electrons. The maximum absolute atomic E-state index is 12.6. The normalized spacial score (nSPS) is 35.4. The van der Waals surface area contributed by atoms with Crippen molar-refractivity contribution in [3.05, 3.63) is 0 Å². The van der Waals surface area contributed by atoms with Gasteiger partial charge in [-0.3, -0.25) is 9.59 Å². The highest BCUT2D eigenvalue weighted by atomic mass is 16.4. The van der Waals surface area contributed by atoms with Crippen LogP contribution in [0.25, 0.3) is 0 Å². The molecule has 0 saturated carbocycles. The van der Waals surface area contributed by atoms with Crippen molar-refractivity contribution in [2.45, 2.75) is 51.5 Å². The Labute approximate surface area is 114 Å². The Bertz CT molecular complexity index is 377. The molecule has 0 radical (unpaired) electrons. The van der Waals surface area contributed by atoms with Crippen LogP contribution in [-0.4, -0.2) is 47.1 Å². The van der Waals surface area contributed by atoms with Crippen LogP contribution < -0.4 is 5.32 Å². The van der Waals surface area contributed by atoms with Gasteiger partial charge in [0.05, 0.1) is 11.0 Å². The molecular formula is C14H24N2O3. The number of nitrogens with one attached hydrogen (secondary N) is 1. The van der Waals surface area contributed by atoms with E-state index in [9.17, 15) is 14.7 Å². The van der Waals surface area contributed by atoms with Crippen molar-refractivity contribution in [3.8, 4) is 0 Å². The van der Waals surface area contributed by atoms with Gasteiger partial charge >= 0.3 is 5.97 Å². The van der Waals surface area contributed by atoms with Crippen molar-refractivity contribution in [2.75, 3.05) is 19.6 Å². The fourth-order valence-electron chi connectivity index (χ4n) is 3.35. The third kappa shape index (κ3) is 2.48. The fraction of sp³-hybridized carbons (Fsp3) is 0.857. The summed E-state index contributed by atoms with van der Waals surface area (Å²) in [6.07, 6.45) is 3.88. The number of likely N-dealkylation sites (tertiary alicyclic amines) is 1. The second-order valence-corrected chi connectivity index (χ2v) is 6.13. The lowest BCUT2D eigenvalue weighted by Gasteiger charge is -2.42. The minimum Gasteiger partial charge on any atom is -0.481 e. The van der Waals surface area contributed by atoms with E-state index < -0.39 is 16.9 Å². The first-order chi connectivity index (χ1) is 8.93. The van der Waals surface area contributed by atoms with Gasteiger partial charge in [-0.1, -0.05) is 6.92 Å².